The van der Waals surface area contributed by atoms with Crippen molar-refractivity contribution in [1.82, 2.24) is 9.78 Å². The van der Waals surface area contributed by atoms with Crippen molar-refractivity contribution in [2.24, 2.45) is 0 Å². The van der Waals surface area contributed by atoms with Gasteiger partial charge in [0.25, 0.3) is 0 Å². The number of aromatic nitrogens is 2. The molecule has 0 unspecified atom stereocenters. The Morgan fingerprint density at radius 3 is 3.05 bits per heavy atom. The maximum absolute atomic E-state index is 12.5. The SMILES string of the molecule is CCn1nc(C)cc1CC(=O)c1ccc2c(c1)CCCN2. The minimum absolute atomic E-state index is 0.165. The summed E-state index contributed by atoms with van der Waals surface area (Å²) >= 11 is 0. The highest BCUT2D eigenvalue weighted by Crippen LogP contribution is 2.23. The summed E-state index contributed by atoms with van der Waals surface area (Å²) in [6, 6.07) is 8.01. The maximum atomic E-state index is 12.5. The average Bonchev–Trinajstić information content (AvgIpc) is 2.86. The van der Waals surface area contributed by atoms with Gasteiger partial charge < -0.3 is 5.32 Å². The highest BCUT2D eigenvalue weighted by atomic mass is 16.1. The van der Waals surface area contributed by atoms with Gasteiger partial charge in [0, 0.05) is 30.0 Å². The first-order valence-electron chi connectivity index (χ1n) is 7.60. The third-order valence-corrected chi connectivity index (χ3v) is 3.99. The van der Waals surface area contributed by atoms with E-state index in [1.54, 1.807) is 0 Å². The van der Waals surface area contributed by atoms with Gasteiger partial charge in [-0.05, 0) is 56.5 Å². The fourth-order valence-electron chi connectivity index (χ4n) is 2.93. The Balaban J connectivity index is 1.82. The van der Waals surface area contributed by atoms with Crippen LogP contribution in [0.15, 0.2) is 24.3 Å². The molecule has 1 N–H and O–H groups in total. The number of benzene rings is 1. The molecule has 110 valence electrons. The topological polar surface area (TPSA) is 46.9 Å². The van der Waals surface area contributed by atoms with E-state index in [1.165, 1.54) is 11.3 Å². The number of Topliss-reactive ketones (excluding diaryl/α,β-unsaturated/α-hetero) is 1. The molecular weight excluding hydrogens is 262 g/mol. The molecule has 0 radical (unpaired) electrons. The zero-order valence-electron chi connectivity index (χ0n) is 12.6. The molecule has 0 atom stereocenters. The molecule has 0 saturated heterocycles. The van der Waals surface area contributed by atoms with E-state index in [1.807, 2.05) is 42.8 Å². The largest absolute Gasteiger partial charge is 0.385 e. The van der Waals surface area contributed by atoms with Crippen molar-refractivity contribution in [1.29, 1.82) is 0 Å². The van der Waals surface area contributed by atoms with Crippen molar-refractivity contribution in [3.05, 3.63) is 46.8 Å². The van der Waals surface area contributed by atoms with Crippen LogP contribution in [0.2, 0.25) is 0 Å². The Hall–Kier alpha value is -2.10. The van der Waals surface area contributed by atoms with Crippen LogP contribution < -0.4 is 5.32 Å². The molecule has 4 nitrogen and oxygen atoms in total. The first-order valence-corrected chi connectivity index (χ1v) is 7.60. The smallest absolute Gasteiger partial charge is 0.168 e. The number of fused-ring (bicyclic) bond motifs is 1. The molecule has 2 heterocycles. The van der Waals surface area contributed by atoms with Crippen LogP contribution in [0.1, 0.15) is 40.7 Å². The van der Waals surface area contributed by atoms with Gasteiger partial charge in [-0.3, -0.25) is 9.48 Å². The number of hydrogen-bond donors (Lipinski definition) is 1. The van der Waals surface area contributed by atoms with Crippen LogP contribution in [0.5, 0.6) is 0 Å². The van der Waals surface area contributed by atoms with Gasteiger partial charge in [0.1, 0.15) is 0 Å². The molecule has 0 bridgehead atoms. The summed E-state index contributed by atoms with van der Waals surface area (Å²) in [5.41, 5.74) is 5.20. The Morgan fingerprint density at radius 1 is 1.38 bits per heavy atom. The van der Waals surface area contributed by atoms with E-state index in [4.69, 9.17) is 0 Å². The number of ketones is 1. The van der Waals surface area contributed by atoms with E-state index in [9.17, 15) is 4.79 Å². The lowest BCUT2D eigenvalue weighted by Gasteiger charge is -2.18. The van der Waals surface area contributed by atoms with Crippen molar-refractivity contribution >= 4 is 11.5 Å². The van der Waals surface area contributed by atoms with Crippen LogP contribution in [0.3, 0.4) is 0 Å². The second-order valence-corrected chi connectivity index (χ2v) is 5.60. The van der Waals surface area contributed by atoms with Gasteiger partial charge in [-0.2, -0.15) is 5.10 Å². The molecule has 0 amide bonds. The van der Waals surface area contributed by atoms with Gasteiger partial charge in [-0.15, -0.1) is 0 Å². The Morgan fingerprint density at radius 2 is 2.24 bits per heavy atom. The van der Waals surface area contributed by atoms with Crippen molar-refractivity contribution in [2.75, 3.05) is 11.9 Å². The standard InChI is InChI=1S/C17H21N3O/c1-3-20-15(9-12(2)19-20)11-17(21)14-6-7-16-13(10-14)5-4-8-18-16/h6-7,9-10,18H,3-5,8,11H2,1-2H3. The first kappa shape index (κ1) is 13.9. The number of nitrogens with one attached hydrogen (secondary N) is 1. The van der Waals surface area contributed by atoms with Gasteiger partial charge in [-0.25, -0.2) is 0 Å². The number of nitrogens with zero attached hydrogens (tertiary/aromatic N) is 2. The second kappa shape index (κ2) is 5.72. The minimum atomic E-state index is 0.165. The Labute approximate surface area is 125 Å². The van der Waals surface area contributed by atoms with Gasteiger partial charge >= 0.3 is 0 Å². The molecule has 0 saturated carbocycles. The number of rotatable bonds is 4. The number of carbonyl (C=O) groups is 1. The summed E-state index contributed by atoms with van der Waals surface area (Å²) in [4.78, 5) is 12.5. The van der Waals surface area contributed by atoms with E-state index >= 15 is 0 Å². The van der Waals surface area contributed by atoms with E-state index in [0.717, 1.165) is 42.9 Å². The third kappa shape index (κ3) is 2.84. The molecule has 0 aliphatic carbocycles. The van der Waals surface area contributed by atoms with Gasteiger partial charge in [0.2, 0.25) is 0 Å². The lowest BCUT2D eigenvalue weighted by molar-refractivity contribution is 0.0990. The highest BCUT2D eigenvalue weighted by Gasteiger charge is 2.15. The van der Waals surface area contributed by atoms with E-state index in [2.05, 4.69) is 10.4 Å². The lowest BCUT2D eigenvalue weighted by Crippen LogP contribution is -2.14. The summed E-state index contributed by atoms with van der Waals surface area (Å²) in [5.74, 6) is 0.165. The highest BCUT2D eigenvalue weighted by molar-refractivity contribution is 5.98. The minimum Gasteiger partial charge on any atom is -0.385 e. The Kier molecular flexibility index (Phi) is 3.78. The Bertz CT molecular complexity index is 673. The molecule has 1 aliphatic heterocycles. The summed E-state index contributed by atoms with van der Waals surface area (Å²) in [6.45, 7) is 5.83. The molecule has 1 aromatic carbocycles. The predicted octanol–water partition coefficient (Wildman–Crippen LogP) is 2.99. The molecule has 1 aromatic heterocycles. The van der Waals surface area contributed by atoms with Crippen LogP contribution in [0.25, 0.3) is 0 Å². The third-order valence-electron chi connectivity index (χ3n) is 3.99. The van der Waals surface area contributed by atoms with E-state index < -0.39 is 0 Å². The maximum Gasteiger partial charge on any atom is 0.168 e. The van der Waals surface area contributed by atoms with Gasteiger partial charge in [0.05, 0.1) is 12.1 Å². The molecule has 1 aliphatic rings. The molecule has 2 aromatic rings. The predicted molar refractivity (Wildman–Crippen MR) is 83.9 cm³/mol. The monoisotopic (exact) mass is 283 g/mol. The van der Waals surface area contributed by atoms with E-state index in [0.29, 0.717) is 6.42 Å². The first-order chi connectivity index (χ1) is 10.2. The van der Waals surface area contributed by atoms with Crippen LogP contribution >= 0.6 is 0 Å². The van der Waals surface area contributed by atoms with Crippen LogP contribution in [0, 0.1) is 6.92 Å². The van der Waals surface area contributed by atoms with E-state index in [-0.39, 0.29) is 5.78 Å². The van der Waals surface area contributed by atoms with Gasteiger partial charge in [-0.1, -0.05) is 0 Å². The van der Waals surface area contributed by atoms with Crippen LogP contribution in [-0.4, -0.2) is 22.1 Å². The molecule has 0 fully saturated rings. The molecule has 0 spiro atoms. The number of aryl methyl sites for hydroxylation is 3. The fourth-order valence-corrected chi connectivity index (χ4v) is 2.93. The summed E-state index contributed by atoms with van der Waals surface area (Å²) in [7, 11) is 0. The zero-order valence-corrected chi connectivity index (χ0v) is 12.6. The van der Waals surface area contributed by atoms with Crippen LogP contribution in [0.4, 0.5) is 5.69 Å². The average molecular weight is 283 g/mol. The van der Waals surface area contributed by atoms with Gasteiger partial charge in [0.15, 0.2) is 5.78 Å². The number of hydrogen-bond acceptors (Lipinski definition) is 3. The quantitative estimate of drug-likeness (QED) is 0.877. The van der Waals surface area contributed by atoms with Crippen molar-refractivity contribution in [3.8, 4) is 0 Å². The number of carbonyl (C=O) groups excluding carboxylic acids is 1. The lowest BCUT2D eigenvalue weighted by atomic mass is 9.98. The van der Waals surface area contributed by atoms with Crippen molar-refractivity contribution in [2.45, 2.75) is 39.7 Å². The molecule has 4 heteroatoms. The summed E-state index contributed by atoms with van der Waals surface area (Å²) in [6.07, 6.45) is 2.60. The zero-order chi connectivity index (χ0) is 14.8. The van der Waals surface area contributed by atoms with Crippen molar-refractivity contribution in [3.63, 3.8) is 0 Å². The molecular formula is C17H21N3O. The fraction of sp³-hybridized carbons (Fsp3) is 0.412. The molecule has 3 rings (SSSR count). The van der Waals surface area contributed by atoms with Crippen molar-refractivity contribution < 1.29 is 4.79 Å². The number of anilines is 1. The molecule has 21 heavy (non-hydrogen) atoms. The summed E-state index contributed by atoms with van der Waals surface area (Å²) < 4.78 is 1.91. The summed E-state index contributed by atoms with van der Waals surface area (Å²) in [5, 5.41) is 7.78. The second-order valence-electron chi connectivity index (χ2n) is 5.60. The normalized spacial score (nSPS) is 13.6. The van der Waals surface area contributed by atoms with Crippen LogP contribution in [-0.2, 0) is 19.4 Å².